The van der Waals surface area contributed by atoms with E-state index in [1.165, 1.54) is 18.2 Å². The smallest absolute Gasteiger partial charge is 0.153 e. The van der Waals surface area contributed by atoms with Gasteiger partial charge in [-0.1, -0.05) is 23.2 Å². The average Bonchev–Trinajstić information content (AvgIpc) is 2.14. The molecule has 72 valence electrons. The van der Waals surface area contributed by atoms with Crippen LogP contribution in [-0.4, -0.2) is 4.98 Å². The van der Waals surface area contributed by atoms with Crippen LogP contribution in [0.5, 0.6) is 0 Å². The van der Waals surface area contributed by atoms with Crippen molar-refractivity contribution in [2.75, 3.05) is 5.73 Å². The molecule has 0 aliphatic carbocycles. The molecule has 5 heteroatoms. The van der Waals surface area contributed by atoms with Gasteiger partial charge in [-0.3, -0.25) is 0 Å². The molecule has 2 aromatic rings. The molecule has 14 heavy (non-hydrogen) atoms. The number of nitrogens with zero attached hydrogens (tertiary/aromatic N) is 1. The number of nitrogen functional groups attached to an aromatic ring is 1. The molecule has 0 spiro atoms. The third-order valence-corrected chi connectivity index (χ3v) is 2.46. The molecule has 2 rings (SSSR count). The standard InChI is InChI=1S/C9H5Cl2FN2/c10-7-2-1-4-6(14-7)3-5(13)8(11)9(4)12/h1-3H,13H2. The predicted octanol–water partition coefficient (Wildman–Crippen LogP) is 3.26. The molecule has 0 amide bonds. The fraction of sp³-hybridized carbons (Fsp3) is 0. The Morgan fingerprint density at radius 3 is 2.71 bits per heavy atom. The fourth-order valence-electron chi connectivity index (χ4n) is 1.20. The lowest BCUT2D eigenvalue weighted by Gasteiger charge is -2.04. The average molecular weight is 231 g/mol. The van der Waals surface area contributed by atoms with Gasteiger partial charge in [0.2, 0.25) is 0 Å². The second-order valence-corrected chi connectivity index (χ2v) is 3.56. The molecule has 0 unspecified atom stereocenters. The minimum absolute atomic E-state index is 0.0818. The van der Waals surface area contributed by atoms with Gasteiger partial charge < -0.3 is 5.73 Å². The topological polar surface area (TPSA) is 38.9 Å². The predicted molar refractivity (Wildman–Crippen MR) is 56.1 cm³/mol. The van der Waals surface area contributed by atoms with Crippen molar-refractivity contribution in [1.82, 2.24) is 4.98 Å². The van der Waals surface area contributed by atoms with Gasteiger partial charge in [-0.05, 0) is 18.2 Å². The lowest BCUT2D eigenvalue weighted by Crippen LogP contribution is -1.92. The molecule has 0 atom stereocenters. The third-order valence-electron chi connectivity index (χ3n) is 1.87. The van der Waals surface area contributed by atoms with Crippen LogP contribution in [0.25, 0.3) is 10.9 Å². The van der Waals surface area contributed by atoms with Crippen molar-refractivity contribution in [2.24, 2.45) is 0 Å². The van der Waals surface area contributed by atoms with E-state index in [9.17, 15) is 4.39 Å². The highest BCUT2D eigenvalue weighted by Crippen LogP contribution is 2.29. The first kappa shape index (κ1) is 9.49. The molecule has 0 saturated carbocycles. The molecule has 2 nitrogen and oxygen atoms in total. The van der Waals surface area contributed by atoms with Crippen LogP contribution >= 0.6 is 23.2 Å². The lowest BCUT2D eigenvalue weighted by molar-refractivity contribution is 0.640. The molecule has 0 fully saturated rings. The summed E-state index contributed by atoms with van der Waals surface area (Å²) in [5.74, 6) is -0.564. The van der Waals surface area contributed by atoms with Crippen molar-refractivity contribution in [1.29, 1.82) is 0 Å². The summed E-state index contributed by atoms with van der Waals surface area (Å²) in [7, 11) is 0. The van der Waals surface area contributed by atoms with E-state index in [1.807, 2.05) is 0 Å². The van der Waals surface area contributed by atoms with Crippen molar-refractivity contribution in [3.05, 3.63) is 34.2 Å². The fourth-order valence-corrected chi connectivity index (χ4v) is 1.51. The van der Waals surface area contributed by atoms with Crippen LogP contribution in [-0.2, 0) is 0 Å². The van der Waals surface area contributed by atoms with Crippen LogP contribution in [0.1, 0.15) is 0 Å². The Balaban J connectivity index is 2.91. The monoisotopic (exact) mass is 230 g/mol. The molecule has 2 N–H and O–H groups in total. The minimum atomic E-state index is -0.564. The molecule has 0 aliphatic rings. The number of fused-ring (bicyclic) bond motifs is 1. The van der Waals surface area contributed by atoms with Crippen LogP contribution < -0.4 is 5.73 Å². The zero-order chi connectivity index (χ0) is 10.3. The summed E-state index contributed by atoms with van der Waals surface area (Å²) in [4.78, 5) is 3.93. The first-order valence-electron chi connectivity index (χ1n) is 3.79. The SMILES string of the molecule is Nc1cc2nc(Cl)ccc2c(F)c1Cl. The summed E-state index contributed by atoms with van der Waals surface area (Å²) in [6.07, 6.45) is 0. The lowest BCUT2D eigenvalue weighted by atomic mass is 10.2. The largest absolute Gasteiger partial charge is 0.397 e. The second-order valence-electron chi connectivity index (χ2n) is 2.79. The van der Waals surface area contributed by atoms with Gasteiger partial charge in [0.25, 0.3) is 0 Å². The molecule has 0 bridgehead atoms. The molecule has 1 heterocycles. The molecule has 0 radical (unpaired) electrons. The Morgan fingerprint density at radius 1 is 1.29 bits per heavy atom. The highest BCUT2D eigenvalue weighted by molar-refractivity contribution is 6.34. The summed E-state index contributed by atoms with van der Waals surface area (Å²) in [5, 5.41) is 0.522. The Kier molecular flexibility index (Phi) is 2.21. The summed E-state index contributed by atoms with van der Waals surface area (Å²) >= 11 is 11.3. The van der Waals surface area contributed by atoms with Crippen molar-refractivity contribution in [2.45, 2.75) is 0 Å². The van der Waals surface area contributed by atoms with Gasteiger partial charge in [0, 0.05) is 5.39 Å². The van der Waals surface area contributed by atoms with E-state index in [4.69, 9.17) is 28.9 Å². The van der Waals surface area contributed by atoms with Crippen molar-refractivity contribution in [3.63, 3.8) is 0 Å². The van der Waals surface area contributed by atoms with Gasteiger partial charge in [0.05, 0.1) is 16.2 Å². The van der Waals surface area contributed by atoms with Gasteiger partial charge in [-0.15, -0.1) is 0 Å². The second kappa shape index (κ2) is 3.26. The number of halogens is 3. The van der Waals surface area contributed by atoms with Crippen LogP contribution in [0.15, 0.2) is 18.2 Å². The quantitative estimate of drug-likeness (QED) is 0.558. The number of rotatable bonds is 0. The molecule has 1 aromatic carbocycles. The number of pyridine rings is 1. The van der Waals surface area contributed by atoms with E-state index < -0.39 is 5.82 Å². The first-order chi connectivity index (χ1) is 6.59. The highest BCUT2D eigenvalue weighted by atomic mass is 35.5. The van der Waals surface area contributed by atoms with E-state index in [0.29, 0.717) is 16.1 Å². The third kappa shape index (κ3) is 1.38. The minimum Gasteiger partial charge on any atom is -0.397 e. The summed E-state index contributed by atoms with van der Waals surface area (Å²) in [5.41, 5.74) is 6.04. The maximum atomic E-state index is 13.5. The summed E-state index contributed by atoms with van der Waals surface area (Å²) in [6, 6.07) is 4.51. The van der Waals surface area contributed by atoms with Gasteiger partial charge in [0.15, 0.2) is 5.82 Å². The number of anilines is 1. The number of aromatic nitrogens is 1. The zero-order valence-electron chi connectivity index (χ0n) is 6.89. The maximum Gasteiger partial charge on any atom is 0.153 e. The van der Waals surface area contributed by atoms with Gasteiger partial charge >= 0.3 is 0 Å². The summed E-state index contributed by atoms with van der Waals surface area (Å²) in [6.45, 7) is 0. The molecule has 1 aromatic heterocycles. The van der Waals surface area contributed by atoms with Crippen LogP contribution in [0.4, 0.5) is 10.1 Å². The Labute approximate surface area is 89.4 Å². The maximum absolute atomic E-state index is 13.5. The van der Waals surface area contributed by atoms with Crippen molar-refractivity contribution in [3.8, 4) is 0 Å². The van der Waals surface area contributed by atoms with Gasteiger partial charge in [-0.25, -0.2) is 9.37 Å². The molecule has 0 saturated heterocycles. The van der Waals surface area contributed by atoms with E-state index in [1.54, 1.807) is 0 Å². The molecular weight excluding hydrogens is 226 g/mol. The Bertz CT molecular complexity index is 514. The van der Waals surface area contributed by atoms with E-state index in [-0.39, 0.29) is 10.7 Å². The van der Waals surface area contributed by atoms with Crippen molar-refractivity contribution < 1.29 is 4.39 Å². The number of nitrogens with two attached hydrogens (primary N) is 1. The highest BCUT2D eigenvalue weighted by Gasteiger charge is 2.10. The van der Waals surface area contributed by atoms with E-state index in [0.717, 1.165) is 0 Å². The number of hydrogen-bond donors (Lipinski definition) is 1. The Hall–Kier alpha value is -1.06. The van der Waals surface area contributed by atoms with Crippen molar-refractivity contribution >= 4 is 39.8 Å². The normalized spacial score (nSPS) is 10.8. The van der Waals surface area contributed by atoms with Crippen LogP contribution in [0.2, 0.25) is 10.2 Å². The van der Waals surface area contributed by atoms with E-state index >= 15 is 0 Å². The Morgan fingerprint density at radius 2 is 2.00 bits per heavy atom. The van der Waals surface area contributed by atoms with Gasteiger partial charge in [0.1, 0.15) is 5.15 Å². The molecular formula is C9H5Cl2FN2. The van der Waals surface area contributed by atoms with Crippen LogP contribution in [0.3, 0.4) is 0 Å². The number of benzene rings is 1. The number of hydrogen-bond acceptors (Lipinski definition) is 2. The van der Waals surface area contributed by atoms with Crippen LogP contribution in [0, 0.1) is 5.82 Å². The zero-order valence-corrected chi connectivity index (χ0v) is 8.40. The first-order valence-corrected chi connectivity index (χ1v) is 4.55. The van der Waals surface area contributed by atoms with Gasteiger partial charge in [-0.2, -0.15) is 0 Å². The summed E-state index contributed by atoms with van der Waals surface area (Å²) < 4.78 is 13.5. The molecule has 0 aliphatic heterocycles. The van der Waals surface area contributed by atoms with E-state index in [2.05, 4.69) is 4.98 Å².